The Hall–Kier alpha value is -1.56. The van der Waals surface area contributed by atoms with E-state index in [-0.39, 0.29) is 18.6 Å². The summed E-state index contributed by atoms with van der Waals surface area (Å²) in [7, 11) is 0. The fourth-order valence-electron chi connectivity index (χ4n) is 1.84. The molecule has 2 unspecified atom stereocenters. The van der Waals surface area contributed by atoms with Gasteiger partial charge in [-0.15, -0.1) is 11.3 Å². The van der Waals surface area contributed by atoms with Gasteiger partial charge in [0, 0.05) is 28.8 Å². The molecular weight excluding hydrogens is 276 g/mol. The topological polar surface area (TPSA) is 78.4 Å². The summed E-state index contributed by atoms with van der Waals surface area (Å²) in [4.78, 5) is 25.0. The van der Waals surface area contributed by atoms with E-state index in [2.05, 4.69) is 29.7 Å². The van der Waals surface area contributed by atoms with Crippen LogP contribution in [-0.2, 0) is 11.2 Å². The second kappa shape index (κ2) is 7.89. The number of thiophene rings is 1. The molecule has 0 saturated heterocycles. The molecule has 1 rings (SSSR count). The largest absolute Gasteiger partial charge is 0.481 e. The van der Waals surface area contributed by atoms with Crippen molar-refractivity contribution in [3.05, 3.63) is 21.9 Å². The molecule has 0 aliphatic heterocycles. The summed E-state index contributed by atoms with van der Waals surface area (Å²) in [6.07, 6.45) is 1.28. The lowest BCUT2D eigenvalue weighted by Crippen LogP contribution is -2.44. The van der Waals surface area contributed by atoms with Gasteiger partial charge in [0.1, 0.15) is 0 Å². The summed E-state index contributed by atoms with van der Waals surface area (Å²) in [6.45, 7) is 5.93. The maximum Gasteiger partial charge on any atom is 0.315 e. The summed E-state index contributed by atoms with van der Waals surface area (Å²) in [6, 6.07) is 3.82. The summed E-state index contributed by atoms with van der Waals surface area (Å²) in [5.41, 5.74) is 0. The van der Waals surface area contributed by atoms with Crippen molar-refractivity contribution >= 4 is 23.3 Å². The van der Waals surface area contributed by atoms with E-state index < -0.39 is 11.9 Å². The number of carbonyl (C=O) groups is 2. The average molecular weight is 298 g/mol. The molecule has 1 heterocycles. The number of carboxylic acids is 1. The van der Waals surface area contributed by atoms with Gasteiger partial charge in [-0.1, -0.05) is 6.92 Å². The minimum absolute atomic E-state index is 0.0120. The van der Waals surface area contributed by atoms with Crippen LogP contribution >= 0.6 is 11.3 Å². The molecule has 0 aliphatic rings. The third-order valence-electron chi connectivity index (χ3n) is 3.03. The van der Waals surface area contributed by atoms with E-state index in [1.54, 1.807) is 18.3 Å². The zero-order valence-electron chi connectivity index (χ0n) is 12.1. The number of urea groups is 1. The van der Waals surface area contributed by atoms with Crippen LogP contribution in [0.4, 0.5) is 4.79 Å². The van der Waals surface area contributed by atoms with Crippen molar-refractivity contribution in [1.29, 1.82) is 0 Å². The first-order valence-electron chi connectivity index (χ1n) is 6.74. The van der Waals surface area contributed by atoms with Crippen molar-refractivity contribution in [3.8, 4) is 0 Å². The van der Waals surface area contributed by atoms with Crippen molar-refractivity contribution < 1.29 is 14.7 Å². The lowest BCUT2D eigenvalue weighted by atomic mass is 10.1. The van der Waals surface area contributed by atoms with E-state index >= 15 is 0 Å². The predicted molar refractivity (Wildman–Crippen MR) is 80.2 cm³/mol. The van der Waals surface area contributed by atoms with Crippen LogP contribution in [0.3, 0.4) is 0 Å². The average Bonchev–Trinajstić information content (AvgIpc) is 2.74. The van der Waals surface area contributed by atoms with Crippen molar-refractivity contribution in [2.45, 2.75) is 39.7 Å². The molecule has 2 atom stereocenters. The quantitative estimate of drug-likeness (QED) is 0.723. The Morgan fingerprint density at radius 3 is 2.60 bits per heavy atom. The Morgan fingerprint density at radius 1 is 1.40 bits per heavy atom. The molecule has 2 amide bonds. The predicted octanol–water partition coefficient (Wildman–Crippen LogP) is 2.40. The third kappa shape index (κ3) is 5.61. The van der Waals surface area contributed by atoms with Gasteiger partial charge in [-0.05, 0) is 32.4 Å². The molecule has 0 spiro atoms. The Labute approximate surface area is 123 Å². The molecule has 0 radical (unpaired) electrons. The molecule has 1 aromatic rings. The van der Waals surface area contributed by atoms with Gasteiger partial charge in [0.2, 0.25) is 0 Å². The van der Waals surface area contributed by atoms with Gasteiger partial charge in [0.25, 0.3) is 0 Å². The highest BCUT2D eigenvalue weighted by Crippen LogP contribution is 2.16. The van der Waals surface area contributed by atoms with Gasteiger partial charge in [-0.25, -0.2) is 4.79 Å². The van der Waals surface area contributed by atoms with Crippen LogP contribution in [0.2, 0.25) is 0 Å². The molecule has 20 heavy (non-hydrogen) atoms. The first-order chi connectivity index (χ1) is 9.42. The van der Waals surface area contributed by atoms with Gasteiger partial charge in [0.05, 0.1) is 5.92 Å². The number of carboxylic acid groups (broad SMARTS) is 1. The molecule has 112 valence electrons. The molecular formula is C14H22N2O3S. The molecule has 0 aliphatic carbocycles. The van der Waals surface area contributed by atoms with Crippen molar-refractivity contribution in [2.75, 3.05) is 6.54 Å². The van der Waals surface area contributed by atoms with Gasteiger partial charge in [0.15, 0.2) is 0 Å². The lowest BCUT2D eigenvalue weighted by molar-refractivity contribution is -0.141. The van der Waals surface area contributed by atoms with Gasteiger partial charge >= 0.3 is 12.0 Å². The van der Waals surface area contributed by atoms with Crippen LogP contribution in [0.5, 0.6) is 0 Å². The number of nitrogens with one attached hydrogen (secondary N) is 2. The number of rotatable bonds is 7. The van der Waals surface area contributed by atoms with E-state index in [0.717, 1.165) is 6.42 Å². The van der Waals surface area contributed by atoms with Crippen LogP contribution < -0.4 is 10.6 Å². The van der Waals surface area contributed by atoms with Crippen molar-refractivity contribution in [2.24, 2.45) is 5.92 Å². The number of aliphatic carboxylic acids is 1. The Morgan fingerprint density at radius 2 is 2.10 bits per heavy atom. The molecule has 6 heteroatoms. The number of amides is 2. The standard InChI is InChI=1S/C14H22N2O3S/c1-4-11(13(17)18)8-15-14(19)16-9(2)7-12-6-5-10(3)20-12/h5-6,9,11H,4,7-8H2,1-3H3,(H,17,18)(H2,15,16,19). The van der Waals surface area contributed by atoms with Gasteiger partial charge in [-0.3, -0.25) is 4.79 Å². The minimum Gasteiger partial charge on any atom is -0.481 e. The second-order valence-electron chi connectivity index (χ2n) is 4.92. The van der Waals surface area contributed by atoms with Crippen LogP contribution in [0.25, 0.3) is 0 Å². The first kappa shape index (κ1) is 16.5. The molecule has 0 saturated carbocycles. The summed E-state index contributed by atoms with van der Waals surface area (Å²) in [5.74, 6) is -1.41. The number of hydrogen-bond acceptors (Lipinski definition) is 3. The maximum absolute atomic E-state index is 11.7. The maximum atomic E-state index is 11.7. The zero-order valence-corrected chi connectivity index (χ0v) is 12.9. The van der Waals surface area contributed by atoms with Crippen molar-refractivity contribution in [1.82, 2.24) is 10.6 Å². The Bertz CT molecular complexity index is 459. The second-order valence-corrected chi connectivity index (χ2v) is 6.29. The number of aryl methyl sites for hydroxylation is 1. The van der Waals surface area contributed by atoms with E-state index in [1.807, 2.05) is 6.92 Å². The smallest absolute Gasteiger partial charge is 0.315 e. The molecule has 0 bridgehead atoms. The minimum atomic E-state index is -0.880. The summed E-state index contributed by atoms with van der Waals surface area (Å²) < 4.78 is 0. The van der Waals surface area contributed by atoms with E-state index in [0.29, 0.717) is 6.42 Å². The monoisotopic (exact) mass is 298 g/mol. The fourth-order valence-corrected chi connectivity index (χ4v) is 2.86. The first-order valence-corrected chi connectivity index (χ1v) is 7.56. The number of carbonyl (C=O) groups excluding carboxylic acids is 1. The zero-order chi connectivity index (χ0) is 15.1. The summed E-state index contributed by atoms with van der Waals surface area (Å²) in [5, 5.41) is 14.3. The van der Waals surface area contributed by atoms with E-state index in [1.165, 1.54) is 9.75 Å². The Balaban J connectivity index is 2.32. The Kier molecular flexibility index (Phi) is 6.51. The number of hydrogen-bond donors (Lipinski definition) is 3. The summed E-state index contributed by atoms with van der Waals surface area (Å²) >= 11 is 1.72. The lowest BCUT2D eigenvalue weighted by Gasteiger charge is -2.15. The highest BCUT2D eigenvalue weighted by Gasteiger charge is 2.16. The van der Waals surface area contributed by atoms with Crippen LogP contribution in [0.1, 0.15) is 30.0 Å². The normalized spacial score (nSPS) is 13.6. The highest BCUT2D eigenvalue weighted by atomic mass is 32.1. The molecule has 3 N–H and O–H groups in total. The van der Waals surface area contributed by atoms with Crippen LogP contribution in [-0.4, -0.2) is 29.7 Å². The van der Waals surface area contributed by atoms with Crippen molar-refractivity contribution in [3.63, 3.8) is 0 Å². The van der Waals surface area contributed by atoms with E-state index in [4.69, 9.17) is 5.11 Å². The van der Waals surface area contributed by atoms with Crippen LogP contribution in [0.15, 0.2) is 12.1 Å². The SMILES string of the molecule is CCC(CNC(=O)NC(C)Cc1ccc(C)s1)C(=O)O. The van der Waals surface area contributed by atoms with Gasteiger partial charge < -0.3 is 15.7 Å². The highest BCUT2D eigenvalue weighted by molar-refractivity contribution is 7.11. The molecule has 5 nitrogen and oxygen atoms in total. The van der Waals surface area contributed by atoms with E-state index in [9.17, 15) is 9.59 Å². The molecule has 0 aromatic carbocycles. The van der Waals surface area contributed by atoms with Crippen LogP contribution in [0, 0.1) is 12.8 Å². The molecule has 1 aromatic heterocycles. The fraction of sp³-hybridized carbons (Fsp3) is 0.571. The third-order valence-corrected chi connectivity index (χ3v) is 4.05. The van der Waals surface area contributed by atoms with Gasteiger partial charge in [-0.2, -0.15) is 0 Å². The molecule has 0 fully saturated rings.